The molecule has 0 aliphatic rings. The minimum absolute atomic E-state index is 0.286. The van der Waals surface area contributed by atoms with Crippen molar-refractivity contribution < 1.29 is 8.81 Å². The fourth-order valence-electron chi connectivity index (χ4n) is 2.56. The van der Waals surface area contributed by atoms with Crippen LogP contribution in [0.4, 0.5) is 4.39 Å². The highest BCUT2D eigenvalue weighted by molar-refractivity contribution is 7.98. The highest BCUT2D eigenvalue weighted by Crippen LogP contribution is 2.26. The number of nitrogens with zero attached hydrogens (tertiary/aromatic N) is 4. The maximum atomic E-state index is 13.0. The minimum Gasteiger partial charge on any atom is -0.444 e. The van der Waals surface area contributed by atoms with Crippen molar-refractivity contribution in [2.75, 3.05) is 0 Å². The van der Waals surface area contributed by atoms with E-state index in [4.69, 9.17) is 4.42 Å². The Balaban J connectivity index is 1.50. The first kappa shape index (κ1) is 16.5. The van der Waals surface area contributed by atoms with Gasteiger partial charge in [-0.15, -0.1) is 10.2 Å². The molecule has 5 nitrogen and oxygen atoms in total. The van der Waals surface area contributed by atoms with Crippen molar-refractivity contribution in [3.05, 3.63) is 78.2 Å². The Kier molecular flexibility index (Phi) is 4.53. The SMILES string of the molecule is Cc1ccccc1-n1cnnc1SCc1coc(-c2ccc(F)cc2)n1. The number of para-hydroxylation sites is 1. The fourth-order valence-corrected chi connectivity index (χ4v) is 3.36. The Bertz CT molecular complexity index is 1030. The number of rotatable bonds is 5. The molecule has 0 saturated heterocycles. The Morgan fingerprint density at radius 3 is 2.73 bits per heavy atom. The summed E-state index contributed by atoms with van der Waals surface area (Å²) < 4.78 is 20.5. The zero-order chi connectivity index (χ0) is 17.9. The molecule has 2 aromatic carbocycles. The van der Waals surface area contributed by atoms with Gasteiger partial charge in [0, 0.05) is 11.3 Å². The molecule has 0 aliphatic carbocycles. The van der Waals surface area contributed by atoms with Crippen LogP contribution in [0.2, 0.25) is 0 Å². The van der Waals surface area contributed by atoms with Gasteiger partial charge in [0.2, 0.25) is 5.89 Å². The van der Waals surface area contributed by atoms with Gasteiger partial charge < -0.3 is 4.42 Å². The van der Waals surface area contributed by atoms with Gasteiger partial charge in [-0.25, -0.2) is 9.37 Å². The van der Waals surface area contributed by atoms with Gasteiger partial charge in [-0.2, -0.15) is 0 Å². The number of aryl methyl sites for hydroxylation is 1. The van der Waals surface area contributed by atoms with Crippen LogP contribution in [0.5, 0.6) is 0 Å². The first-order valence-electron chi connectivity index (χ1n) is 8.00. The van der Waals surface area contributed by atoms with Gasteiger partial charge in [-0.1, -0.05) is 30.0 Å². The molecule has 0 aliphatic heterocycles. The normalized spacial score (nSPS) is 11.0. The van der Waals surface area contributed by atoms with Gasteiger partial charge in [0.1, 0.15) is 18.4 Å². The van der Waals surface area contributed by atoms with Gasteiger partial charge in [0.15, 0.2) is 5.16 Å². The second kappa shape index (κ2) is 7.13. The van der Waals surface area contributed by atoms with Gasteiger partial charge in [-0.3, -0.25) is 4.57 Å². The van der Waals surface area contributed by atoms with Crippen molar-refractivity contribution in [1.29, 1.82) is 0 Å². The summed E-state index contributed by atoms with van der Waals surface area (Å²) >= 11 is 1.53. The highest BCUT2D eigenvalue weighted by atomic mass is 32.2. The molecule has 2 aromatic heterocycles. The van der Waals surface area contributed by atoms with Crippen LogP contribution in [-0.2, 0) is 5.75 Å². The summed E-state index contributed by atoms with van der Waals surface area (Å²) in [7, 11) is 0. The standard InChI is InChI=1S/C19H15FN4OS/c1-13-4-2-3-5-17(13)24-12-21-23-19(24)26-11-16-10-25-18(22-16)14-6-8-15(20)9-7-14/h2-10,12H,11H2,1H3. The molecule has 2 heterocycles. The summed E-state index contributed by atoms with van der Waals surface area (Å²) in [6.45, 7) is 2.05. The number of aromatic nitrogens is 4. The van der Waals surface area contributed by atoms with Crippen LogP contribution in [-0.4, -0.2) is 19.7 Å². The first-order chi connectivity index (χ1) is 12.7. The van der Waals surface area contributed by atoms with Crippen molar-refractivity contribution in [3.8, 4) is 17.1 Å². The quantitative estimate of drug-likeness (QED) is 0.481. The monoisotopic (exact) mass is 366 g/mol. The number of benzene rings is 2. The Morgan fingerprint density at radius 1 is 1.12 bits per heavy atom. The molecule has 0 radical (unpaired) electrons. The predicted molar refractivity (Wildman–Crippen MR) is 97.6 cm³/mol. The van der Waals surface area contributed by atoms with Crippen molar-refractivity contribution in [1.82, 2.24) is 19.7 Å². The summed E-state index contributed by atoms with van der Waals surface area (Å²) in [4.78, 5) is 4.46. The van der Waals surface area contributed by atoms with Crippen LogP contribution in [0.15, 0.2) is 70.7 Å². The second-order valence-electron chi connectivity index (χ2n) is 5.71. The fraction of sp³-hybridized carbons (Fsp3) is 0.105. The minimum atomic E-state index is -0.286. The topological polar surface area (TPSA) is 56.7 Å². The molecule has 0 saturated carbocycles. The van der Waals surface area contributed by atoms with E-state index in [1.165, 1.54) is 23.9 Å². The molecule has 0 unspecified atom stereocenters. The maximum Gasteiger partial charge on any atom is 0.226 e. The van der Waals surface area contributed by atoms with E-state index in [1.807, 2.05) is 22.8 Å². The van der Waals surface area contributed by atoms with E-state index in [0.29, 0.717) is 11.6 Å². The van der Waals surface area contributed by atoms with E-state index in [1.54, 1.807) is 24.7 Å². The molecule has 7 heteroatoms. The third kappa shape index (κ3) is 3.39. The Hall–Kier alpha value is -2.93. The van der Waals surface area contributed by atoms with E-state index in [0.717, 1.165) is 27.7 Å². The van der Waals surface area contributed by atoms with Crippen molar-refractivity contribution in [3.63, 3.8) is 0 Å². The van der Waals surface area contributed by atoms with Crippen LogP contribution in [0.25, 0.3) is 17.1 Å². The summed E-state index contributed by atoms with van der Waals surface area (Å²) in [5.74, 6) is 0.780. The van der Waals surface area contributed by atoms with Crippen molar-refractivity contribution in [2.24, 2.45) is 0 Å². The number of halogens is 1. The lowest BCUT2D eigenvalue weighted by molar-refractivity contribution is 0.573. The molecule has 4 aromatic rings. The summed E-state index contributed by atoms with van der Waals surface area (Å²) in [5.41, 5.74) is 3.72. The van der Waals surface area contributed by atoms with Gasteiger partial charge in [-0.05, 0) is 42.8 Å². The molecule has 0 N–H and O–H groups in total. The highest BCUT2D eigenvalue weighted by Gasteiger charge is 2.12. The average Bonchev–Trinajstić information content (AvgIpc) is 3.30. The molecule has 0 bridgehead atoms. The van der Waals surface area contributed by atoms with E-state index >= 15 is 0 Å². The lowest BCUT2D eigenvalue weighted by Gasteiger charge is -2.08. The van der Waals surface area contributed by atoms with Crippen molar-refractivity contribution >= 4 is 11.8 Å². The lowest BCUT2D eigenvalue weighted by Crippen LogP contribution is -1.97. The molecule has 0 spiro atoms. The molecular formula is C19H15FN4OS. The smallest absolute Gasteiger partial charge is 0.226 e. The summed E-state index contributed by atoms with van der Waals surface area (Å²) in [6.07, 6.45) is 3.32. The Labute approximate surface area is 153 Å². The largest absolute Gasteiger partial charge is 0.444 e. The van der Waals surface area contributed by atoms with E-state index in [9.17, 15) is 4.39 Å². The number of hydrogen-bond donors (Lipinski definition) is 0. The van der Waals surface area contributed by atoms with Gasteiger partial charge in [0.25, 0.3) is 0 Å². The molecular weight excluding hydrogens is 351 g/mol. The zero-order valence-corrected chi connectivity index (χ0v) is 14.8. The van der Waals surface area contributed by atoms with Crippen LogP contribution in [0.1, 0.15) is 11.3 Å². The number of oxazole rings is 1. The first-order valence-corrected chi connectivity index (χ1v) is 8.98. The molecule has 0 amide bonds. The predicted octanol–water partition coefficient (Wildman–Crippen LogP) is 4.66. The third-order valence-electron chi connectivity index (χ3n) is 3.88. The number of hydrogen-bond acceptors (Lipinski definition) is 5. The van der Waals surface area contributed by atoms with E-state index in [-0.39, 0.29) is 5.82 Å². The molecule has 0 atom stereocenters. The van der Waals surface area contributed by atoms with Crippen molar-refractivity contribution in [2.45, 2.75) is 17.8 Å². The summed E-state index contributed by atoms with van der Waals surface area (Å²) in [5, 5.41) is 9.01. The number of thioether (sulfide) groups is 1. The van der Waals surface area contributed by atoms with Crippen LogP contribution >= 0.6 is 11.8 Å². The molecule has 26 heavy (non-hydrogen) atoms. The zero-order valence-electron chi connectivity index (χ0n) is 14.0. The second-order valence-corrected chi connectivity index (χ2v) is 6.65. The van der Waals surface area contributed by atoms with E-state index < -0.39 is 0 Å². The average molecular weight is 366 g/mol. The van der Waals surface area contributed by atoms with Crippen LogP contribution in [0, 0.1) is 12.7 Å². The molecule has 4 rings (SSSR count). The van der Waals surface area contributed by atoms with Gasteiger partial charge in [0.05, 0.1) is 11.4 Å². The molecule has 0 fully saturated rings. The lowest BCUT2D eigenvalue weighted by atomic mass is 10.2. The maximum absolute atomic E-state index is 13.0. The van der Waals surface area contributed by atoms with Gasteiger partial charge >= 0.3 is 0 Å². The van der Waals surface area contributed by atoms with Crippen LogP contribution in [0.3, 0.4) is 0 Å². The Morgan fingerprint density at radius 2 is 1.92 bits per heavy atom. The third-order valence-corrected chi connectivity index (χ3v) is 4.86. The van der Waals surface area contributed by atoms with Crippen LogP contribution < -0.4 is 0 Å². The van der Waals surface area contributed by atoms with E-state index in [2.05, 4.69) is 28.2 Å². The molecule has 130 valence electrons. The summed E-state index contributed by atoms with van der Waals surface area (Å²) in [6, 6.07) is 14.1.